The molecule has 0 aliphatic carbocycles. The van der Waals surface area contributed by atoms with Crippen LogP contribution < -0.4 is 10.2 Å². The SMILES string of the molecule is Bc1ccc(OCCCN2CCC(C(=O)O)CC2)cc1. The van der Waals surface area contributed by atoms with Gasteiger partial charge >= 0.3 is 5.97 Å². The molecule has 0 spiro atoms. The Morgan fingerprint density at radius 1 is 1.30 bits per heavy atom. The van der Waals surface area contributed by atoms with Crippen molar-refractivity contribution in [2.45, 2.75) is 19.3 Å². The van der Waals surface area contributed by atoms with Crippen LogP contribution in [-0.4, -0.2) is 50.1 Å². The number of ether oxygens (including phenoxy) is 1. The molecular formula is C15H22BNO3. The number of benzene rings is 1. The van der Waals surface area contributed by atoms with Crippen LogP contribution in [0.3, 0.4) is 0 Å². The Kier molecular flexibility index (Phi) is 5.47. The topological polar surface area (TPSA) is 49.8 Å². The zero-order valence-corrected chi connectivity index (χ0v) is 12.0. The second kappa shape index (κ2) is 7.34. The number of likely N-dealkylation sites (tertiary alicyclic amines) is 1. The zero-order valence-electron chi connectivity index (χ0n) is 12.0. The number of nitrogens with zero attached hydrogens (tertiary/aromatic N) is 1. The van der Waals surface area contributed by atoms with Crippen LogP contribution in [0, 0.1) is 5.92 Å². The van der Waals surface area contributed by atoms with Crippen molar-refractivity contribution in [2.75, 3.05) is 26.2 Å². The molecule has 2 rings (SSSR count). The average Bonchev–Trinajstić information content (AvgIpc) is 2.46. The Bertz CT molecular complexity index is 427. The van der Waals surface area contributed by atoms with Gasteiger partial charge in [0.05, 0.1) is 12.5 Å². The molecule has 4 nitrogen and oxygen atoms in total. The minimum Gasteiger partial charge on any atom is -0.494 e. The third kappa shape index (κ3) is 4.56. The minimum absolute atomic E-state index is 0.143. The standard InChI is InChI=1S/C15H22BNO3/c16-13-2-4-14(5-3-13)20-11-1-8-17-9-6-12(7-10-17)15(18)19/h2-5,12H,1,6-11,16H2,(H,18,19). The highest BCUT2D eigenvalue weighted by atomic mass is 16.5. The van der Waals surface area contributed by atoms with Crippen LogP contribution in [-0.2, 0) is 4.79 Å². The number of aliphatic carboxylic acids is 1. The van der Waals surface area contributed by atoms with Gasteiger partial charge in [-0.05, 0) is 44.5 Å². The van der Waals surface area contributed by atoms with E-state index in [1.807, 2.05) is 24.3 Å². The molecular weight excluding hydrogens is 253 g/mol. The van der Waals surface area contributed by atoms with Gasteiger partial charge in [-0.25, -0.2) is 0 Å². The number of carboxylic acids is 1. The molecule has 0 amide bonds. The summed E-state index contributed by atoms with van der Waals surface area (Å²) in [6.07, 6.45) is 2.52. The number of carbonyl (C=O) groups is 1. The van der Waals surface area contributed by atoms with E-state index in [2.05, 4.69) is 12.7 Å². The molecule has 0 saturated carbocycles. The molecule has 0 atom stereocenters. The predicted octanol–water partition coefficient (Wildman–Crippen LogP) is 0.510. The zero-order chi connectivity index (χ0) is 14.4. The fourth-order valence-corrected chi connectivity index (χ4v) is 2.52. The van der Waals surface area contributed by atoms with Crippen molar-refractivity contribution >= 4 is 19.3 Å². The molecule has 1 aliphatic heterocycles. The lowest BCUT2D eigenvalue weighted by Crippen LogP contribution is -2.37. The molecule has 1 aromatic carbocycles. The lowest BCUT2D eigenvalue weighted by molar-refractivity contribution is -0.143. The highest BCUT2D eigenvalue weighted by Crippen LogP contribution is 2.17. The van der Waals surface area contributed by atoms with Crippen LogP contribution in [0.15, 0.2) is 24.3 Å². The van der Waals surface area contributed by atoms with E-state index in [4.69, 9.17) is 9.84 Å². The molecule has 1 aromatic rings. The Labute approximate surface area is 121 Å². The number of piperidine rings is 1. The molecule has 0 unspecified atom stereocenters. The summed E-state index contributed by atoms with van der Waals surface area (Å²) in [5.74, 6) is 0.127. The fraction of sp³-hybridized carbons (Fsp3) is 0.533. The predicted molar refractivity (Wildman–Crippen MR) is 81.5 cm³/mol. The first kappa shape index (κ1) is 14.9. The van der Waals surface area contributed by atoms with Crippen molar-refractivity contribution in [3.8, 4) is 5.75 Å². The van der Waals surface area contributed by atoms with E-state index in [9.17, 15) is 4.79 Å². The normalized spacial score (nSPS) is 17.0. The molecule has 1 heterocycles. The summed E-state index contributed by atoms with van der Waals surface area (Å²) < 4.78 is 5.69. The van der Waals surface area contributed by atoms with Gasteiger partial charge in [0.25, 0.3) is 0 Å². The Balaban J connectivity index is 1.60. The maximum Gasteiger partial charge on any atom is 0.306 e. The highest BCUT2D eigenvalue weighted by Gasteiger charge is 2.23. The van der Waals surface area contributed by atoms with Gasteiger partial charge in [-0.3, -0.25) is 4.79 Å². The third-order valence-electron chi connectivity index (χ3n) is 3.85. The Morgan fingerprint density at radius 3 is 2.55 bits per heavy atom. The molecule has 1 N–H and O–H groups in total. The molecule has 20 heavy (non-hydrogen) atoms. The molecule has 1 saturated heterocycles. The van der Waals surface area contributed by atoms with Crippen molar-refractivity contribution < 1.29 is 14.6 Å². The molecule has 108 valence electrons. The van der Waals surface area contributed by atoms with Crippen LogP contribution in [0.1, 0.15) is 19.3 Å². The van der Waals surface area contributed by atoms with Crippen LogP contribution >= 0.6 is 0 Å². The first-order valence-electron chi connectivity index (χ1n) is 7.30. The first-order valence-corrected chi connectivity index (χ1v) is 7.30. The number of rotatable bonds is 6. The maximum atomic E-state index is 10.9. The smallest absolute Gasteiger partial charge is 0.306 e. The van der Waals surface area contributed by atoms with Gasteiger partial charge in [0.15, 0.2) is 0 Å². The van der Waals surface area contributed by atoms with Crippen molar-refractivity contribution in [1.82, 2.24) is 4.90 Å². The second-order valence-electron chi connectivity index (χ2n) is 5.47. The van der Waals surface area contributed by atoms with Crippen molar-refractivity contribution in [1.29, 1.82) is 0 Å². The Hall–Kier alpha value is -1.49. The summed E-state index contributed by atoms with van der Waals surface area (Å²) in [7, 11) is 2.06. The van der Waals surface area contributed by atoms with E-state index >= 15 is 0 Å². The summed E-state index contributed by atoms with van der Waals surface area (Å²) in [6.45, 7) is 3.48. The first-order chi connectivity index (χ1) is 9.65. The molecule has 5 heteroatoms. The van der Waals surface area contributed by atoms with Crippen LogP contribution in [0.2, 0.25) is 0 Å². The summed E-state index contributed by atoms with van der Waals surface area (Å²) in [5.41, 5.74) is 1.23. The molecule has 0 bridgehead atoms. The summed E-state index contributed by atoms with van der Waals surface area (Å²) in [5, 5.41) is 8.95. The average molecular weight is 275 g/mol. The fourth-order valence-electron chi connectivity index (χ4n) is 2.52. The summed E-state index contributed by atoms with van der Waals surface area (Å²) in [4.78, 5) is 13.2. The van der Waals surface area contributed by atoms with Gasteiger partial charge in [-0.15, -0.1) is 0 Å². The van der Waals surface area contributed by atoms with Crippen LogP contribution in [0.4, 0.5) is 0 Å². The van der Waals surface area contributed by atoms with Gasteiger partial charge in [-0.2, -0.15) is 0 Å². The maximum absolute atomic E-state index is 10.9. The number of hydrogen-bond acceptors (Lipinski definition) is 3. The van der Waals surface area contributed by atoms with Gasteiger partial charge < -0.3 is 14.7 Å². The monoisotopic (exact) mass is 275 g/mol. The van der Waals surface area contributed by atoms with E-state index in [1.165, 1.54) is 5.46 Å². The summed E-state index contributed by atoms with van der Waals surface area (Å²) >= 11 is 0. The number of carboxylic acid groups (broad SMARTS) is 1. The van der Waals surface area contributed by atoms with E-state index < -0.39 is 5.97 Å². The highest BCUT2D eigenvalue weighted by molar-refractivity contribution is 6.32. The molecule has 0 aromatic heterocycles. The molecule has 1 aliphatic rings. The summed E-state index contributed by atoms with van der Waals surface area (Å²) in [6, 6.07) is 8.08. The van der Waals surface area contributed by atoms with Gasteiger partial charge in [0.2, 0.25) is 0 Å². The lowest BCUT2D eigenvalue weighted by Gasteiger charge is -2.29. The Morgan fingerprint density at radius 2 is 1.95 bits per heavy atom. The minimum atomic E-state index is -0.646. The van der Waals surface area contributed by atoms with Gasteiger partial charge in [0.1, 0.15) is 13.6 Å². The van der Waals surface area contributed by atoms with E-state index in [-0.39, 0.29) is 5.92 Å². The molecule has 1 fully saturated rings. The quantitative estimate of drug-likeness (QED) is 0.607. The van der Waals surface area contributed by atoms with E-state index in [0.29, 0.717) is 6.61 Å². The van der Waals surface area contributed by atoms with Crippen molar-refractivity contribution in [3.63, 3.8) is 0 Å². The lowest BCUT2D eigenvalue weighted by atomic mass is 9.97. The van der Waals surface area contributed by atoms with Gasteiger partial charge in [0, 0.05) is 6.54 Å². The second-order valence-corrected chi connectivity index (χ2v) is 5.47. The third-order valence-corrected chi connectivity index (χ3v) is 3.85. The molecule has 0 radical (unpaired) electrons. The number of hydrogen-bond donors (Lipinski definition) is 1. The van der Waals surface area contributed by atoms with Crippen molar-refractivity contribution in [3.05, 3.63) is 24.3 Å². The van der Waals surface area contributed by atoms with Gasteiger partial charge in [-0.1, -0.05) is 17.6 Å². The van der Waals surface area contributed by atoms with E-state index in [0.717, 1.165) is 44.6 Å². The van der Waals surface area contributed by atoms with Crippen LogP contribution in [0.25, 0.3) is 0 Å². The van der Waals surface area contributed by atoms with E-state index in [1.54, 1.807) is 0 Å². The largest absolute Gasteiger partial charge is 0.494 e. The van der Waals surface area contributed by atoms with Crippen molar-refractivity contribution in [2.24, 2.45) is 5.92 Å². The van der Waals surface area contributed by atoms with Crippen LogP contribution in [0.5, 0.6) is 5.75 Å².